The Morgan fingerprint density at radius 3 is 1.59 bits per heavy atom. The summed E-state index contributed by atoms with van der Waals surface area (Å²) in [7, 11) is 1.50. The summed E-state index contributed by atoms with van der Waals surface area (Å²) in [6.07, 6.45) is 2.35. The first-order valence-electron chi connectivity index (χ1n) is 16.4. The Balaban J connectivity index is 1.46. The third-order valence-corrected chi connectivity index (χ3v) is 10.5. The molecule has 3 unspecified atom stereocenters. The van der Waals surface area contributed by atoms with E-state index in [4.69, 9.17) is 14.7 Å². The van der Waals surface area contributed by atoms with Gasteiger partial charge in [0, 0.05) is 32.7 Å². The van der Waals surface area contributed by atoms with Gasteiger partial charge in [0.2, 0.25) is 0 Å². The minimum Gasteiger partial charge on any atom is -0.469 e. The summed E-state index contributed by atoms with van der Waals surface area (Å²) in [4.78, 5) is 23.9. The number of benzene rings is 4. The number of methoxy groups -OCH3 is 1. The number of fused-ring (bicyclic) bond motifs is 8. The van der Waals surface area contributed by atoms with Crippen LogP contribution in [0, 0.1) is 11.8 Å². The summed E-state index contributed by atoms with van der Waals surface area (Å²) >= 11 is 0. The first kappa shape index (κ1) is 28.6. The van der Waals surface area contributed by atoms with Gasteiger partial charge in [0.1, 0.15) is 0 Å². The molecule has 0 fully saturated rings. The molecule has 2 aromatic heterocycles. The van der Waals surface area contributed by atoms with Crippen molar-refractivity contribution >= 4 is 27.8 Å². The van der Waals surface area contributed by atoms with Crippen LogP contribution in [0.4, 0.5) is 0 Å². The first-order valence-corrected chi connectivity index (χ1v) is 16.4. The molecule has 4 aromatic carbocycles. The minimum absolute atomic E-state index is 0.183. The van der Waals surface area contributed by atoms with E-state index in [2.05, 4.69) is 123 Å². The number of ether oxygens (including phenoxy) is 1. The molecule has 0 saturated carbocycles. The number of rotatable bonds is 7. The van der Waals surface area contributed by atoms with Gasteiger partial charge in [0.25, 0.3) is 0 Å². The monoisotopic (exact) mass is 602 g/mol. The standard InChI is InChI=1S/C42H38N2O2/c1-26(2)23-41(32-17-9-7-15-30(32)38-34(41)21-28-13-5-11-19-36(28)43-38)25-42(24-27(3)40(45)46-4)33-18-10-8-16-31(33)39-35(42)22-29-14-6-12-20-37(29)44-39/h5-22,26-27H,23-25H2,1-4H3. The zero-order valence-electron chi connectivity index (χ0n) is 26.9. The predicted molar refractivity (Wildman–Crippen MR) is 186 cm³/mol. The molecule has 2 aliphatic carbocycles. The molecule has 0 radical (unpaired) electrons. The number of hydrogen-bond acceptors (Lipinski definition) is 4. The molecule has 0 saturated heterocycles. The fraction of sp³-hybridized carbons (Fsp3) is 0.262. The molecule has 4 nitrogen and oxygen atoms in total. The molecule has 0 N–H and O–H groups in total. The zero-order chi connectivity index (χ0) is 31.6. The SMILES string of the molecule is COC(=O)C(C)CC1(CC2(CC(C)C)c3ccccc3-c3nc4ccccc4cc32)c2ccccc2-c2nc3ccccc3cc21. The summed E-state index contributed by atoms with van der Waals surface area (Å²) in [5.74, 6) is -0.0966. The normalized spacial score (nSPS) is 19.9. The van der Waals surface area contributed by atoms with E-state index in [0.29, 0.717) is 12.3 Å². The number of pyridine rings is 2. The molecule has 2 aliphatic rings. The number of para-hydroxylation sites is 2. The van der Waals surface area contributed by atoms with Crippen molar-refractivity contribution in [2.24, 2.45) is 11.8 Å². The highest BCUT2D eigenvalue weighted by Crippen LogP contribution is 2.62. The van der Waals surface area contributed by atoms with Crippen LogP contribution in [-0.2, 0) is 20.4 Å². The molecule has 2 heterocycles. The lowest BCUT2D eigenvalue weighted by Gasteiger charge is -2.44. The van der Waals surface area contributed by atoms with Crippen molar-refractivity contribution < 1.29 is 9.53 Å². The highest BCUT2D eigenvalue weighted by atomic mass is 16.5. The van der Waals surface area contributed by atoms with Gasteiger partial charge in [-0.15, -0.1) is 0 Å². The molecule has 8 rings (SSSR count). The lowest BCUT2D eigenvalue weighted by molar-refractivity contribution is -0.145. The minimum atomic E-state index is -0.508. The molecule has 46 heavy (non-hydrogen) atoms. The van der Waals surface area contributed by atoms with Crippen LogP contribution in [0.2, 0.25) is 0 Å². The van der Waals surface area contributed by atoms with Crippen LogP contribution in [0.25, 0.3) is 44.3 Å². The summed E-state index contributed by atoms with van der Waals surface area (Å²) in [5.41, 5.74) is 10.7. The fourth-order valence-corrected chi connectivity index (χ4v) is 8.86. The van der Waals surface area contributed by atoms with Gasteiger partial charge in [0.05, 0.1) is 35.4 Å². The Morgan fingerprint density at radius 1 is 0.630 bits per heavy atom. The summed E-state index contributed by atoms with van der Waals surface area (Å²) < 4.78 is 5.37. The third-order valence-electron chi connectivity index (χ3n) is 10.5. The van der Waals surface area contributed by atoms with E-state index in [0.717, 1.165) is 51.6 Å². The van der Waals surface area contributed by atoms with Crippen LogP contribution in [0.1, 0.15) is 62.3 Å². The molecule has 0 aliphatic heterocycles. The van der Waals surface area contributed by atoms with Crippen LogP contribution < -0.4 is 0 Å². The van der Waals surface area contributed by atoms with Crippen molar-refractivity contribution in [1.82, 2.24) is 9.97 Å². The molecule has 6 aromatic rings. The van der Waals surface area contributed by atoms with Gasteiger partial charge in [-0.05, 0) is 71.7 Å². The second-order valence-electron chi connectivity index (χ2n) is 13.8. The second kappa shape index (κ2) is 10.6. The van der Waals surface area contributed by atoms with E-state index in [1.54, 1.807) is 0 Å². The van der Waals surface area contributed by atoms with Crippen LogP contribution in [-0.4, -0.2) is 23.0 Å². The number of hydrogen-bond donors (Lipinski definition) is 0. The molecular formula is C42H38N2O2. The van der Waals surface area contributed by atoms with Crippen LogP contribution in [0.15, 0.2) is 109 Å². The lowest BCUT2D eigenvalue weighted by Crippen LogP contribution is -2.40. The van der Waals surface area contributed by atoms with Crippen molar-refractivity contribution in [2.75, 3.05) is 7.11 Å². The quantitative estimate of drug-likeness (QED) is 0.171. The smallest absolute Gasteiger partial charge is 0.308 e. The Kier molecular flexibility index (Phi) is 6.61. The third kappa shape index (κ3) is 4.16. The van der Waals surface area contributed by atoms with Crippen LogP contribution >= 0.6 is 0 Å². The topological polar surface area (TPSA) is 52.1 Å². The van der Waals surface area contributed by atoms with E-state index in [1.165, 1.54) is 34.9 Å². The highest BCUT2D eigenvalue weighted by molar-refractivity contribution is 5.91. The number of carbonyl (C=O) groups is 1. The molecular weight excluding hydrogens is 564 g/mol. The van der Waals surface area contributed by atoms with Crippen molar-refractivity contribution in [3.63, 3.8) is 0 Å². The molecule has 4 heteroatoms. The summed E-state index contributed by atoms with van der Waals surface area (Å²) in [6, 6.07) is 39.2. The number of aromatic nitrogens is 2. The van der Waals surface area contributed by atoms with E-state index in [1.807, 2.05) is 6.92 Å². The second-order valence-corrected chi connectivity index (χ2v) is 13.8. The molecule has 3 atom stereocenters. The van der Waals surface area contributed by atoms with Gasteiger partial charge in [-0.25, -0.2) is 9.97 Å². The Labute approximate surface area is 270 Å². The maximum atomic E-state index is 13.3. The van der Waals surface area contributed by atoms with Gasteiger partial charge in [-0.2, -0.15) is 0 Å². The lowest BCUT2D eigenvalue weighted by atomic mass is 9.58. The number of carbonyl (C=O) groups excluding carboxylic acids is 1. The van der Waals surface area contributed by atoms with Crippen LogP contribution in [0.3, 0.4) is 0 Å². The van der Waals surface area contributed by atoms with Crippen LogP contribution in [0.5, 0.6) is 0 Å². The average molecular weight is 603 g/mol. The van der Waals surface area contributed by atoms with Gasteiger partial charge in [0.15, 0.2) is 0 Å². The van der Waals surface area contributed by atoms with Crippen molar-refractivity contribution in [1.29, 1.82) is 0 Å². The van der Waals surface area contributed by atoms with Gasteiger partial charge >= 0.3 is 5.97 Å². The van der Waals surface area contributed by atoms with Crippen molar-refractivity contribution in [3.05, 3.63) is 131 Å². The Hall–Kier alpha value is -4.83. The fourth-order valence-electron chi connectivity index (χ4n) is 8.86. The molecule has 0 spiro atoms. The van der Waals surface area contributed by atoms with E-state index >= 15 is 0 Å². The van der Waals surface area contributed by atoms with Crippen molar-refractivity contribution in [3.8, 4) is 22.5 Å². The molecule has 228 valence electrons. The number of esters is 1. The first-order chi connectivity index (χ1) is 22.3. The largest absolute Gasteiger partial charge is 0.469 e. The van der Waals surface area contributed by atoms with Crippen molar-refractivity contribution in [2.45, 2.75) is 50.9 Å². The van der Waals surface area contributed by atoms with E-state index in [9.17, 15) is 4.79 Å². The van der Waals surface area contributed by atoms with Gasteiger partial charge < -0.3 is 4.74 Å². The Morgan fingerprint density at radius 2 is 1.09 bits per heavy atom. The maximum Gasteiger partial charge on any atom is 0.308 e. The average Bonchev–Trinajstić information content (AvgIpc) is 3.48. The predicted octanol–water partition coefficient (Wildman–Crippen LogP) is 9.65. The highest BCUT2D eigenvalue weighted by Gasteiger charge is 2.54. The zero-order valence-corrected chi connectivity index (χ0v) is 26.9. The summed E-state index contributed by atoms with van der Waals surface area (Å²) in [5, 5.41) is 2.26. The molecule has 0 amide bonds. The van der Waals surface area contributed by atoms with E-state index < -0.39 is 5.41 Å². The van der Waals surface area contributed by atoms with Gasteiger partial charge in [-0.1, -0.05) is 106 Å². The summed E-state index contributed by atoms with van der Waals surface area (Å²) in [6.45, 7) is 6.67. The van der Waals surface area contributed by atoms with E-state index in [-0.39, 0.29) is 17.3 Å². The maximum absolute atomic E-state index is 13.3. The molecule has 0 bridgehead atoms. The van der Waals surface area contributed by atoms with Gasteiger partial charge in [-0.3, -0.25) is 4.79 Å². The Bertz CT molecular complexity index is 2170. The number of nitrogens with zero attached hydrogens (tertiary/aromatic N) is 2.